The number of hydrogen-bond donors (Lipinski definition) is 0. The van der Waals surface area contributed by atoms with E-state index in [2.05, 4.69) is 33.0 Å². The molecule has 4 aliphatic carbocycles. The lowest BCUT2D eigenvalue weighted by molar-refractivity contribution is -0.344. The summed E-state index contributed by atoms with van der Waals surface area (Å²) in [6.07, 6.45) is 11.0. The Balaban J connectivity index is 1.55. The molecule has 6 aliphatic rings. The summed E-state index contributed by atoms with van der Waals surface area (Å²) in [6.45, 7) is 7.68. The predicted octanol–water partition coefficient (Wildman–Crippen LogP) is 4.56. The van der Waals surface area contributed by atoms with E-state index in [4.69, 9.17) is 9.47 Å². The highest BCUT2D eigenvalue weighted by Crippen LogP contribution is 2.71. The topological polar surface area (TPSA) is 38.8 Å². The number of allylic oxidation sites excluding steroid dienone is 2. The van der Waals surface area contributed by atoms with Crippen molar-refractivity contribution >= 4 is 5.78 Å². The number of ketones is 1. The zero-order valence-electron chi connectivity index (χ0n) is 19.0. The van der Waals surface area contributed by atoms with E-state index in [1.54, 1.807) is 12.7 Å². The van der Waals surface area contributed by atoms with Crippen LogP contribution in [0, 0.1) is 34.0 Å². The lowest BCUT2D eigenvalue weighted by atomic mass is 9.43. The van der Waals surface area contributed by atoms with Crippen LogP contribution in [0.5, 0.6) is 0 Å². The molecule has 0 aromatic carbocycles. The van der Waals surface area contributed by atoms with Gasteiger partial charge in [-0.25, -0.2) is 0 Å². The fourth-order valence-corrected chi connectivity index (χ4v) is 8.33. The van der Waals surface area contributed by atoms with Gasteiger partial charge in [0.05, 0.1) is 6.61 Å². The van der Waals surface area contributed by atoms with Gasteiger partial charge in [-0.2, -0.15) is 0 Å². The van der Waals surface area contributed by atoms with Crippen molar-refractivity contribution in [2.45, 2.75) is 65.1 Å². The minimum Gasteiger partial charge on any atom is -0.383 e. The van der Waals surface area contributed by atoms with Crippen LogP contribution in [0.4, 0.5) is 0 Å². The summed E-state index contributed by atoms with van der Waals surface area (Å²) < 4.78 is 12.5. The number of carbonyl (C=O) groups is 1. The number of Topliss-reactive ketones (excluding diaryl/α,β-unsaturated/α-hetero) is 1. The summed E-state index contributed by atoms with van der Waals surface area (Å²) in [5.41, 5.74) is 2.50. The van der Waals surface area contributed by atoms with Gasteiger partial charge in [0.25, 0.3) is 0 Å². The molecular weight excluding hydrogens is 362 g/mol. The molecule has 0 radical (unpaired) electrons. The second kappa shape index (κ2) is 5.97. The molecule has 6 rings (SSSR count). The van der Waals surface area contributed by atoms with Crippen molar-refractivity contribution in [3.8, 4) is 0 Å². The van der Waals surface area contributed by atoms with E-state index in [1.807, 2.05) is 19.0 Å². The van der Waals surface area contributed by atoms with Gasteiger partial charge in [0.2, 0.25) is 0 Å². The van der Waals surface area contributed by atoms with E-state index in [0.717, 1.165) is 50.7 Å². The third-order valence-electron chi connectivity index (χ3n) is 9.75. The third-order valence-corrected chi connectivity index (χ3v) is 9.75. The first-order chi connectivity index (χ1) is 13.6. The van der Waals surface area contributed by atoms with Crippen molar-refractivity contribution in [2.24, 2.45) is 34.0 Å². The zero-order chi connectivity index (χ0) is 20.8. The van der Waals surface area contributed by atoms with Gasteiger partial charge in [-0.1, -0.05) is 32.4 Å². The summed E-state index contributed by atoms with van der Waals surface area (Å²) in [5, 5.41) is 0. The van der Waals surface area contributed by atoms with Gasteiger partial charge in [-0.3, -0.25) is 4.79 Å². The van der Waals surface area contributed by atoms with Crippen LogP contribution >= 0.6 is 0 Å². The molecule has 0 N–H and O–H groups in total. The van der Waals surface area contributed by atoms with Gasteiger partial charge >= 0.3 is 0 Å². The summed E-state index contributed by atoms with van der Waals surface area (Å²) in [7, 11) is 5.85. The number of ether oxygens (including phenoxy) is 2. The maximum atomic E-state index is 13.3. The van der Waals surface area contributed by atoms with Gasteiger partial charge in [0.1, 0.15) is 0 Å². The molecule has 5 fully saturated rings. The van der Waals surface area contributed by atoms with Gasteiger partial charge in [0.15, 0.2) is 11.6 Å². The monoisotopic (exact) mass is 399 g/mol. The molecule has 4 nitrogen and oxygen atoms in total. The average molecular weight is 400 g/mol. The van der Waals surface area contributed by atoms with E-state index in [-0.39, 0.29) is 16.2 Å². The third kappa shape index (κ3) is 2.25. The second-order valence-electron chi connectivity index (χ2n) is 11.4. The van der Waals surface area contributed by atoms with Gasteiger partial charge in [-0.05, 0) is 49.9 Å². The number of carbonyl (C=O) groups excluding carboxylic acids is 1. The quantitative estimate of drug-likeness (QED) is 0.504. The Kier molecular flexibility index (Phi) is 4.08. The molecule has 2 saturated heterocycles. The first kappa shape index (κ1) is 19.8. The molecule has 2 heterocycles. The van der Waals surface area contributed by atoms with E-state index < -0.39 is 5.79 Å². The molecule has 4 heteroatoms. The van der Waals surface area contributed by atoms with Crippen LogP contribution in [-0.4, -0.2) is 44.3 Å². The molecule has 2 aliphatic heterocycles. The molecule has 6 atom stereocenters. The van der Waals surface area contributed by atoms with Crippen molar-refractivity contribution < 1.29 is 14.3 Å². The summed E-state index contributed by atoms with van der Waals surface area (Å²) in [6, 6.07) is 0. The fraction of sp³-hybridized carbons (Fsp3) is 0.800. The van der Waals surface area contributed by atoms with Crippen LogP contribution < -0.4 is 0 Å². The molecule has 0 amide bonds. The molecule has 0 aromatic rings. The van der Waals surface area contributed by atoms with E-state index in [9.17, 15) is 4.79 Å². The number of rotatable bonds is 2. The van der Waals surface area contributed by atoms with Gasteiger partial charge < -0.3 is 14.4 Å². The lowest BCUT2D eigenvalue weighted by Crippen LogP contribution is -2.67. The first-order valence-electron chi connectivity index (χ1n) is 11.4. The maximum Gasteiger partial charge on any atom is 0.176 e. The standard InChI is InChI=1S/C25H37NO3/c1-22(2)20-8-7-17-18(24(20)11-12-25(22,28-6)29-15-24)9-10-23(3)19(17)13-16(21(23)27)14-26(4)5/h8,14,17-19H,7,9-13,15H2,1-6H3/b16-14+. The summed E-state index contributed by atoms with van der Waals surface area (Å²) in [4.78, 5) is 15.4. The SMILES string of the molecule is COC12CCC3(CO1)C(=CCC1C4C/C(=C\N(C)C)C(=O)C4(C)CCC13)C2(C)C. The molecule has 6 unspecified atom stereocenters. The van der Waals surface area contributed by atoms with Crippen LogP contribution in [0.25, 0.3) is 0 Å². The van der Waals surface area contributed by atoms with E-state index in [0.29, 0.717) is 23.5 Å². The second-order valence-corrected chi connectivity index (χ2v) is 11.4. The molecule has 160 valence electrons. The average Bonchev–Trinajstić information content (AvgIpc) is 2.93. The van der Waals surface area contributed by atoms with Crippen LogP contribution in [0.2, 0.25) is 0 Å². The molecule has 1 spiro atoms. The number of nitrogens with zero attached hydrogens (tertiary/aromatic N) is 1. The van der Waals surface area contributed by atoms with Crippen molar-refractivity contribution in [1.29, 1.82) is 0 Å². The van der Waals surface area contributed by atoms with Crippen LogP contribution in [-0.2, 0) is 14.3 Å². The Bertz CT molecular complexity index is 799. The highest BCUT2D eigenvalue weighted by Gasteiger charge is 2.69. The highest BCUT2D eigenvalue weighted by atomic mass is 16.7. The summed E-state index contributed by atoms with van der Waals surface area (Å²) in [5.74, 6) is 1.61. The molecule has 3 saturated carbocycles. The summed E-state index contributed by atoms with van der Waals surface area (Å²) >= 11 is 0. The van der Waals surface area contributed by atoms with Crippen molar-refractivity contribution in [3.63, 3.8) is 0 Å². The Morgan fingerprint density at radius 2 is 1.93 bits per heavy atom. The van der Waals surface area contributed by atoms with Crippen molar-refractivity contribution in [1.82, 2.24) is 4.90 Å². The molecule has 2 bridgehead atoms. The predicted molar refractivity (Wildman–Crippen MR) is 113 cm³/mol. The first-order valence-corrected chi connectivity index (χ1v) is 11.4. The van der Waals surface area contributed by atoms with Crippen LogP contribution in [0.1, 0.15) is 59.3 Å². The van der Waals surface area contributed by atoms with Crippen molar-refractivity contribution in [2.75, 3.05) is 27.8 Å². The minimum absolute atomic E-state index is 0.0918. The van der Waals surface area contributed by atoms with Crippen molar-refractivity contribution in [3.05, 3.63) is 23.4 Å². The van der Waals surface area contributed by atoms with Gasteiger partial charge in [-0.15, -0.1) is 0 Å². The maximum absolute atomic E-state index is 13.3. The Labute approximate surface area is 175 Å². The molecule has 0 aromatic heterocycles. The van der Waals surface area contributed by atoms with Gasteiger partial charge in [0, 0.05) is 55.6 Å². The highest BCUT2D eigenvalue weighted by molar-refractivity contribution is 6.02. The van der Waals surface area contributed by atoms with Crippen LogP contribution in [0.15, 0.2) is 23.4 Å². The smallest absolute Gasteiger partial charge is 0.176 e. The zero-order valence-corrected chi connectivity index (χ0v) is 19.0. The van der Waals surface area contributed by atoms with Crippen LogP contribution in [0.3, 0.4) is 0 Å². The Morgan fingerprint density at radius 1 is 1.17 bits per heavy atom. The van der Waals surface area contributed by atoms with E-state index in [1.165, 1.54) is 0 Å². The largest absolute Gasteiger partial charge is 0.383 e. The Morgan fingerprint density at radius 3 is 2.55 bits per heavy atom. The lowest BCUT2D eigenvalue weighted by Gasteiger charge is -2.68. The number of hydrogen-bond acceptors (Lipinski definition) is 4. The molecular formula is C25H37NO3. The Hall–Kier alpha value is -1.13. The molecule has 29 heavy (non-hydrogen) atoms. The number of methoxy groups -OCH3 is 1. The fourth-order valence-electron chi connectivity index (χ4n) is 8.33. The van der Waals surface area contributed by atoms with E-state index >= 15 is 0 Å². The minimum atomic E-state index is -0.471. The number of fused-ring (bicyclic) bond motifs is 5. The normalized spacial score (nSPS) is 48.8.